The van der Waals surface area contributed by atoms with E-state index in [0.717, 1.165) is 18.2 Å². The molecule has 0 aliphatic heterocycles. The molecule has 146 valence electrons. The fraction of sp³-hybridized carbons (Fsp3) is 0.524. The molecule has 6 heteroatoms. The van der Waals surface area contributed by atoms with Gasteiger partial charge in [-0.2, -0.15) is 0 Å². The predicted molar refractivity (Wildman–Crippen MR) is 101 cm³/mol. The first kappa shape index (κ1) is 19.4. The van der Waals surface area contributed by atoms with Crippen LogP contribution in [0.4, 0.5) is 0 Å². The zero-order valence-electron chi connectivity index (χ0n) is 16.1. The van der Waals surface area contributed by atoms with Crippen molar-refractivity contribution in [2.24, 2.45) is 11.8 Å². The van der Waals surface area contributed by atoms with Crippen LogP contribution in [0.1, 0.15) is 49.2 Å². The molecular formula is C21H27NO5. The highest BCUT2D eigenvalue weighted by Crippen LogP contribution is 2.29. The summed E-state index contributed by atoms with van der Waals surface area (Å²) in [6, 6.07) is 7.48. The maximum atomic E-state index is 12.5. The van der Waals surface area contributed by atoms with Crippen molar-refractivity contribution in [2.45, 2.75) is 45.8 Å². The van der Waals surface area contributed by atoms with Crippen molar-refractivity contribution < 1.29 is 23.5 Å². The van der Waals surface area contributed by atoms with Crippen molar-refractivity contribution in [3.63, 3.8) is 0 Å². The number of carbonyl (C=O) groups excluding carboxylic acids is 2. The molecule has 1 fully saturated rings. The van der Waals surface area contributed by atoms with Crippen LogP contribution in [0.3, 0.4) is 0 Å². The van der Waals surface area contributed by atoms with Gasteiger partial charge in [-0.05, 0) is 24.3 Å². The highest BCUT2D eigenvalue weighted by molar-refractivity contribution is 5.96. The van der Waals surface area contributed by atoms with E-state index in [-0.39, 0.29) is 30.9 Å². The summed E-state index contributed by atoms with van der Waals surface area (Å²) in [6.07, 6.45) is 3.26. The molecule has 1 aliphatic carbocycles. The van der Waals surface area contributed by atoms with E-state index in [1.54, 1.807) is 13.2 Å². The molecule has 1 aromatic heterocycles. The zero-order valence-corrected chi connectivity index (χ0v) is 16.1. The topological polar surface area (TPSA) is 77.8 Å². The highest BCUT2D eigenvalue weighted by atomic mass is 16.5. The third-order valence-corrected chi connectivity index (χ3v) is 5.56. The summed E-state index contributed by atoms with van der Waals surface area (Å²) in [7, 11) is 1.55. The highest BCUT2D eigenvalue weighted by Gasteiger charge is 2.29. The second-order valence-electron chi connectivity index (χ2n) is 7.36. The number of methoxy groups -OCH3 is 1. The number of hydrogen-bond donors (Lipinski definition) is 1. The van der Waals surface area contributed by atoms with Gasteiger partial charge in [-0.1, -0.05) is 44.9 Å². The van der Waals surface area contributed by atoms with Gasteiger partial charge in [-0.3, -0.25) is 4.79 Å². The Morgan fingerprint density at radius 1 is 1.22 bits per heavy atom. The normalized spacial score (nSPS) is 22.6. The van der Waals surface area contributed by atoms with Gasteiger partial charge in [0.15, 0.2) is 6.61 Å². The number of furan rings is 1. The quantitative estimate of drug-likeness (QED) is 0.782. The Balaban J connectivity index is 1.63. The van der Waals surface area contributed by atoms with Crippen molar-refractivity contribution in [2.75, 3.05) is 13.7 Å². The fourth-order valence-electron chi connectivity index (χ4n) is 3.78. The van der Waals surface area contributed by atoms with Gasteiger partial charge in [0.05, 0.1) is 6.61 Å². The molecule has 3 atom stereocenters. The molecular weight excluding hydrogens is 346 g/mol. The smallest absolute Gasteiger partial charge is 0.375 e. The van der Waals surface area contributed by atoms with Crippen LogP contribution >= 0.6 is 0 Å². The van der Waals surface area contributed by atoms with Crippen LogP contribution in [0.5, 0.6) is 0 Å². The Labute approximate surface area is 159 Å². The van der Waals surface area contributed by atoms with E-state index in [0.29, 0.717) is 23.0 Å². The van der Waals surface area contributed by atoms with Crippen LogP contribution in [-0.2, 0) is 20.9 Å². The van der Waals surface area contributed by atoms with Gasteiger partial charge in [-0.25, -0.2) is 4.79 Å². The third kappa shape index (κ3) is 4.33. The monoisotopic (exact) mass is 373 g/mol. The molecule has 1 amide bonds. The lowest BCUT2D eigenvalue weighted by Crippen LogP contribution is -2.45. The maximum Gasteiger partial charge on any atom is 0.375 e. The van der Waals surface area contributed by atoms with Crippen LogP contribution in [0.2, 0.25) is 0 Å². The number of carbonyl (C=O) groups is 2. The van der Waals surface area contributed by atoms with E-state index < -0.39 is 5.97 Å². The molecule has 6 nitrogen and oxygen atoms in total. The molecule has 1 N–H and O–H groups in total. The molecule has 0 radical (unpaired) electrons. The molecule has 1 aromatic carbocycles. The first-order valence-corrected chi connectivity index (χ1v) is 9.47. The lowest BCUT2D eigenvalue weighted by Gasteiger charge is -2.34. The van der Waals surface area contributed by atoms with E-state index in [9.17, 15) is 9.59 Å². The van der Waals surface area contributed by atoms with Gasteiger partial charge >= 0.3 is 5.97 Å². The van der Waals surface area contributed by atoms with E-state index >= 15 is 0 Å². The Bertz CT molecular complexity index is 812. The van der Waals surface area contributed by atoms with Crippen LogP contribution < -0.4 is 5.32 Å². The number of ether oxygens (including phenoxy) is 2. The molecule has 1 aliphatic rings. The third-order valence-electron chi connectivity index (χ3n) is 5.56. The average molecular weight is 373 g/mol. The fourth-order valence-corrected chi connectivity index (χ4v) is 3.78. The summed E-state index contributed by atoms with van der Waals surface area (Å²) in [5, 5.41) is 3.81. The number of amides is 1. The lowest BCUT2D eigenvalue weighted by atomic mass is 9.78. The predicted octanol–water partition coefficient (Wildman–Crippen LogP) is 3.68. The van der Waals surface area contributed by atoms with E-state index in [1.807, 2.05) is 18.2 Å². The molecule has 27 heavy (non-hydrogen) atoms. The maximum absolute atomic E-state index is 12.5. The molecule has 3 rings (SSSR count). The van der Waals surface area contributed by atoms with Crippen LogP contribution in [0, 0.1) is 11.8 Å². The Morgan fingerprint density at radius 2 is 2.00 bits per heavy atom. The number of esters is 1. The molecule has 2 aromatic rings. The SMILES string of the molecule is COCc1c(C(=O)OCC(=O)N[C@H]2CCC[C@@H](C)[C@H]2C)oc2ccccc12. The second kappa shape index (κ2) is 8.57. The van der Waals surface area contributed by atoms with E-state index in [2.05, 4.69) is 19.2 Å². The minimum atomic E-state index is -0.654. The largest absolute Gasteiger partial charge is 0.450 e. The van der Waals surface area contributed by atoms with Crippen LogP contribution in [0.25, 0.3) is 11.0 Å². The standard InChI is InChI=1S/C21H27NO5/c1-13-7-6-9-17(14(13)2)22-19(23)12-26-21(24)20-16(11-25-3)15-8-4-5-10-18(15)27-20/h4-5,8,10,13-14,17H,6-7,9,11-12H2,1-3H3,(H,22,23)/t13-,14-,17+/m1/s1. The Hall–Kier alpha value is -2.34. The number of nitrogens with one attached hydrogen (secondary N) is 1. The lowest BCUT2D eigenvalue weighted by molar-refractivity contribution is -0.125. The zero-order chi connectivity index (χ0) is 19.4. The first-order chi connectivity index (χ1) is 13.0. The summed E-state index contributed by atoms with van der Waals surface area (Å²) >= 11 is 0. The number of para-hydroxylation sites is 1. The Kier molecular flexibility index (Phi) is 6.16. The molecule has 0 saturated heterocycles. The van der Waals surface area contributed by atoms with Crippen molar-refractivity contribution in [1.82, 2.24) is 5.32 Å². The first-order valence-electron chi connectivity index (χ1n) is 9.47. The van der Waals surface area contributed by atoms with Crippen LogP contribution in [-0.4, -0.2) is 31.6 Å². The number of fused-ring (bicyclic) bond motifs is 1. The summed E-state index contributed by atoms with van der Waals surface area (Å²) in [5.74, 6) is 0.156. The minimum absolute atomic E-state index is 0.0884. The summed E-state index contributed by atoms with van der Waals surface area (Å²) in [4.78, 5) is 24.7. The summed E-state index contributed by atoms with van der Waals surface area (Å²) in [5.41, 5.74) is 1.22. The number of benzene rings is 1. The molecule has 1 heterocycles. The van der Waals surface area contributed by atoms with E-state index in [4.69, 9.17) is 13.9 Å². The second-order valence-corrected chi connectivity index (χ2v) is 7.36. The summed E-state index contributed by atoms with van der Waals surface area (Å²) < 4.78 is 16.0. The van der Waals surface area contributed by atoms with Gasteiger partial charge in [0.25, 0.3) is 5.91 Å². The van der Waals surface area contributed by atoms with Gasteiger partial charge in [0.1, 0.15) is 5.58 Å². The van der Waals surface area contributed by atoms with Crippen LogP contribution in [0.15, 0.2) is 28.7 Å². The number of hydrogen-bond acceptors (Lipinski definition) is 5. The molecule has 0 spiro atoms. The molecule has 1 saturated carbocycles. The average Bonchev–Trinajstić information content (AvgIpc) is 3.03. The summed E-state index contributed by atoms with van der Waals surface area (Å²) in [6.45, 7) is 4.28. The van der Waals surface area contributed by atoms with Crippen molar-refractivity contribution in [3.05, 3.63) is 35.6 Å². The van der Waals surface area contributed by atoms with Gasteiger partial charge in [-0.15, -0.1) is 0 Å². The van der Waals surface area contributed by atoms with Crippen molar-refractivity contribution in [1.29, 1.82) is 0 Å². The van der Waals surface area contributed by atoms with Gasteiger partial charge in [0, 0.05) is 24.1 Å². The molecule has 0 unspecified atom stereocenters. The van der Waals surface area contributed by atoms with Crippen molar-refractivity contribution >= 4 is 22.8 Å². The number of rotatable bonds is 6. The Morgan fingerprint density at radius 3 is 2.78 bits per heavy atom. The molecule has 0 bridgehead atoms. The van der Waals surface area contributed by atoms with Crippen molar-refractivity contribution in [3.8, 4) is 0 Å². The van der Waals surface area contributed by atoms with Gasteiger partial charge in [0.2, 0.25) is 5.76 Å². The van der Waals surface area contributed by atoms with E-state index in [1.165, 1.54) is 6.42 Å². The minimum Gasteiger partial charge on any atom is -0.450 e. The van der Waals surface area contributed by atoms with Gasteiger partial charge < -0.3 is 19.2 Å².